The molecule has 0 radical (unpaired) electrons. The van der Waals surface area contributed by atoms with Crippen molar-refractivity contribution >= 4 is 8.60 Å². The minimum absolute atomic E-state index is 0.148. The highest BCUT2D eigenvalue weighted by Crippen LogP contribution is 2.48. The van der Waals surface area contributed by atoms with E-state index < -0.39 is 8.60 Å². The smallest absolute Gasteiger partial charge is 0.327 e. The minimum atomic E-state index is -2.12. The van der Waals surface area contributed by atoms with Gasteiger partial charge in [0.1, 0.15) is 0 Å². The zero-order valence-corrected chi connectivity index (χ0v) is 7.20. The first-order valence-corrected chi connectivity index (χ1v) is 5.27. The average Bonchev–Trinajstić information content (AvgIpc) is 2.45. The first-order valence-electron chi connectivity index (χ1n) is 4.10. The monoisotopic (exact) mass is 176 g/mol. The molecule has 4 heteroatoms. The second kappa shape index (κ2) is 2.98. The minimum Gasteiger partial charge on any atom is -0.328 e. The molecule has 2 N–H and O–H groups in total. The number of rotatable bonds is 2. The molecule has 0 saturated heterocycles. The third-order valence-corrected chi connectivity index (χ3v) is 3.36. The van der Waals surface area contributed by atoms with Crippen molar-refractivity contribution < 1.29 is 14.3 Å². The Morgan fingerprint density at radius 1 is 1.18 bits per heavy atom. The van der Waals surface area contributed by atoms with Crippen LogP contribution in [0.15, 0.2) is 0 Å². The fraction of sp³-hybridized carbons (Fsp3) is 1.00. The van der Waals surface area contributed by atoms with Crippen molar-refractivity contribution in [1.29, 1.82) is 0 Å². The molecule has 2 aliphatic rings. The second-order valence-electron chi connectivity index (χ2n) is 3.57. The average molecular weight is 176 g/mol. The van der Waals surface area contributed by atoms with Gasteiger partial charge in [-0.2, -0.15) is 0 Å². The number of fused-ring (bicyclic) bond motifs is 2. The van der Waals surface area contributed by atoms with Gasteiger partial charge in [-0.1, -0.05) is 0 Å². The lowest BCUT2D eigenvalue weighted by atomic mass is 9.98. The van der Waals surface area contributed by atoms with Crippen molar-refractivity contribution in [3.05, 3.63) is 0 Å². The molecule has 0 aromatic carbocycles. The molecule has 2 fully saturated rings. The van der Waals surface area contributed by atoms with Gasteiger partial charge in [0, 0.05) is 0 Å². The van der Waals surface area contributed by atoms with Crippen LogP contribution in [0.1, 0.15) is 25.7 Å². The predicted octanol–water partition coefficient (Wildman–Crippen LogP) is 1.40. The SMILES string of the molecule is OP(O)OC1CC2CCC1C2. The van der Waals surface area contributed by atoms with Gasteiger partial charge in [-0.05, 0) is 37.5 Å². The van der Waals surface area contributed by atoms with Gasteiger partial charge >= 0.3 is 8.60 Å². The van der Waals surface area contributed by atoms with Gasteiger partial charge in [0.25, 0.3) is 0 Å². The molecular formula is C7H13O3P. The Bertz CT molecular complexity index is 151. The number of hydrogen-bond acceptors (Lipinski definition) is 3. The summed E-state index contributed by atoms with van der Waals surface area (Å²) in [6, 6.07) is 0. The van der Waals surface area contributed by atoms with E-state index in [1.807, 2.05) is 0 Å². The van der Waals surface area contributed by atoms with E-state index >= 15 is 0 Å². The van der Waals surface area contributed by atoms with Gasteiger partial charge in [0.2, 0.25) is 0 Å². The van der Waals surface area contributed by atoms with Crippen LogP contribution < -0.4 is 0 Å². The molecule has 2 aliphatic carbocycles. The first kappa shape index (κ1) is 7.93. The van der Waals surface area contributed by atoms with E-state index in [1.54, 1.807) is 0 Å². The molecule has 0 aliphatic heterocycles. The van der Waals surface area contributed by atoms with Crippen LogP contribution in [0.25, 0.3) is 0 Å². The highest BCUT2D eigenvalue weighted by atomic mass is 31.2. The summed E-state index contributed by atoms with van der Waals surface area (Å²) < 4.78 is 5.02. The fourth-order valence-corrected chi connectivity index (χ4v) is 2.94. The molecule has 0 heterocycles. The number of hydrogen-bond donors (Lipinski definition) is 2. The maximum Gasteiger partial charge on any atom is 0.327 e. The summed E-state index contributed by atoms with van der Waals surface area (Å²) >= 11 is 0. The van der Waals surface area contributed by atoms with E-state index in [0.717, 1.165) is 12.3 Å². The predicted molar refractivity (Wildman–Crippen MR) is 41.7 cm³/mol. The van der Waals surface area contributed by atoms with E-state index in [9.17, 15) is 0 Å². The Kier molecular flexibility index (Phi) is 2.15. The summed E-state index contributed by atoms with van der Waals surface area (Å²) in [4.78, 5) is 17.3. The van der Waals surface area contributed by atoms with E-state index in [2.05, 4.69) is 0 Å². The molecule has 3 atom stereocenters. The molecule has 0 spiro atoms. The van der Waals surface area contributed by atoms with Crippen molar-refractivity contribution in [2.75, 3.05) is 0 Å². The van der Waals surface area contributed by atoms with E-state index in [4.69, 9.17) is 14.3 Å². The summed E-state index contributed by atoms with van der Waals surface area (Å²) in [6.07, 6.45) is 4.98. The Labute approximate surface area is 67.4 Å². The standard InChI is InChI=1S/C7H13O3P/c8-11(9)10-7-4-5-1-2-6(7)3-5/h5-9H,1-4H2. The molecule has 2 saturated carbocycles. The highest BCUT2D eigenvalue weighted by Gasteiger charge is 2.41. The summed E-state index contributed by atoms with van der Waals surface area (Å²) in [5.74, 6) is 1.42. The maximum atomic E-state index is 8.64. The fourth-order valence-electron chi connectivity index (χ4n) is 2.44. The van der Waals surface area contributed by atoms with Crippen molar-refractivity contribution in [3.63, 3.8) is 0 Å². The zero-order valence-electron chi connectivity index (χ0n) is 6.31. The summed E-state index contributed by atoms with van der Waals surface area (Å²) in [7, 11) is -2.12. The Balaban J connectivity index is 1.87. The van der Waals surface area contributed by atoms with Gasteiger partial charge in [-0.3, -0.25) is 0 Å². The van der Waals surface area contributed by atoms with Gasteiger partial charge in [-0.25, -0.2) is 0 Å². The van der Waals surface area contributed by atoms with Crippen LogP contribution in [0.2, 0.25) is 0 Å². The summed E-state index contributed by atoms with van der Waals surface area (Å²) in [5.41, 5.74) is 0. The summed E-state index contributed by atoms with van der Waals surface area (Å²) in [5, 5.41) is 0. The van der Waals surface area contributed by atoms with E-state index in [-0.39, 0.29) is 6.10 Å². The molecule has 0 aromatic heterocycles. The van der Waals surface area contributed by atoms with Gasteiger partial charge < -0.3 is 14.3 Å². The molecule has 64 valence electrons. The molecule has 0 amide bonds. The Hall–Kier alpha value is 0.310. The van der Waals surface area contributed by atoms with Crippen molar-refractivity contribution in [3.8, 4) is 0 Å². The van der Waals surface area contributed by atoms with Crippen LogP contribution in [-0.2, 0) is 4.52 Å². The van der Waals surface area contributed by atoms with Crippen LogP contribution >= 0.6 is 8.60 Å². The molecule has 2 bridgehead atoms. The Morgan fingerprint density at radius 3 is 2.45 bits per heavy atom. The largest absolute Gasteiger partial charge is 0.328 e. The molecule has 2 rings (SSSR count). The quantitative estimate of drug-likeness (QED) is 0.625. The lowest BCUT2D eigenvalue weighted by Crippen LogP contribution is -2.17. The molecule has 3 unspecified atom stereocenters. The van der Waals surface area contributed by atoms with Crippen LogP contribution in [-0.4, -0.2) is 15.9 Å². The van der Waals surface area contributed by atoms with Crippen molar-refractivity contribution in [1.82, 2.24) is 0 Å². The van der Waals surface area contributed by atoms with E-state index in [0.29, 0.717) is 5.92 Å². The molecular weight excluding hydrogens is 163 g/mol. The first-order chi connectivity index (χ1) is 5.25. The van der Waals surface area contributed by atoms with Gasteiger partial charge in [0.15, 0.2) is 0 Å². The summed E-state index contributed by atoms with van der Waals surface area (Å²) in [6.45, 7) is 0. The molecule has 3 nitrogen and oxygen atoms in total. The van der Waals surface area contributed by atoms with Crippen molar-refractivity contribution in [2.24, 2.45) is 11.8 Å². The maximum absolute atomic E-state index is 8.64. The lowest BCUT2D eigenvalue weighted by Gasteiger charge is -2.21. The van der Waals surface area contributed by atoms with Crippen molar-refractivity contribution in [2.45, 2.75) is 31.8 Å². The molecule has 0 aromatic rings. The third-order valence-electron chi connectivity index (χ3n) is 2.90. The molecule has 11 heavy (non-hydrogen) atoms. The van der Waals surface area contributed by atoms with Crippen LogP contribution in [0.3, 0.4) is 0 Å². The van der Waals surface area contributed by atoms with Crippen LogP contribution in [0, 0.1) is 11.8 Å². The third kappa shape index (κ3) is 1.57. The normalized spacial score (nSPS) is 42.3. The van der Waals surface area contributed by atoms with Gasteiger partial charge in [-0.15, -0.1) is 0 Å². The lowest BCUT2D eigenvalue weighted by molar-refractivity contribution is 0.119. The zero-order chi connectivity index (χ0) is 7.84. The topological polar surface area (TPSA) is 49.7 Å². The second-order valence-corrected chi connectivity index (χ2v) is 4.29. The van der Waals surface area contributed by atoms with Gasteiger partial charge in [0.05, 0.1) is 6.10 Å². The Morgan fingerprint density at radius 2 is 2.00 bits per heavy atom. The van der Waals surface area contributed by atoms with Crippen LogP contribution in [0.4, 0.5) is 0 Å². The van der Waals surface area contributed by atoms with E-state index in [1.165, 1.54) is 19.3 Å². The highest BCUT2D eigenvalue weighted by molar-refractivity contribution is 7.39. The van der Waals surface area contributed by atoms with Crippen LogP contribution in [0.5, 0.6) is 0 Å².